The van der Waals surface area contributed by atoms with Gasteiger partial charge in [-0.1, -0.05) is 12.8 Å². The molecule has 0 spiro atoms. The van der Waals surface area contributed by atoms with Crippen LogP contribution in [-0.4, -0.2) is 129 Å². The van der Waals surface area contributed by atoms with Crippen LogP contribution in [0.25, 0.3) is 0 Å². The first-order valence-electron chi connectivity index (χ1n) is 19.2. The lowest BCUT2D eigenvalue weighted by Gasteiger charge is -2.47. The molecule has 15 heteroatoms. The highest BCUT2D eigenvalue weighted by Gasteiger charge is 2.56. The Balaban J connectivity index is 0.000000292. The summed E-state index contributed by atoms with van der Waals surface area (Å²) in [5, 5.41) is 37.7. The Morgan fingerprint density at radius 3 is 1.98 bits per heavy atom. The van der Waals surface area contributed by atoms with Gasteiger partial charge in [0.2, 0.25) is 12.5 Å². The zero-order chi connectivity index (χ0) is 37.5. The molecule has 3 N–H and O–H groups in total. The van der Waals surface area contributed by atoms with Crippen LogP contribution in [-0.2, 0) is 28.5 Å². The van der Waals surface area contributed by atoms with Crippen molar-refractivity contribution in [2.75, 3.05) is 60.4 Å². The number of benzene rings is 2. The second kappa shape index (κ2) is 16.0. The molecule has 0 saturated carbocycles. The van der Waals surface area contributed by atoms with E-state index in [1.165, 1.54) is 78.9 Å². The van der Waals surface area contributed by atoms with E-state index in [1.807, 2.05) is 0 Å². The Morgan fingerprint density at radius 1 is 0.759 bits per heavy atom. The number of aromatic hydroxyl groups is 1. The summed E-state index contributed by atoms with van der Waals surface area (Å²) in [6.07, 6.45) is 1.75. The predicted octanol–water partition coefficient (Wildman–Crippen LogP) is 3.21. The number of methoxy groups -OCH3 is 2. The van der Waals surface area contributed by atoms with Gasteiger partial charge in [0.1, 0.15) is 24.4 Å². The number of aliphatic hydroxyl groups is 2. The highest BCUT2D eigenvalue weighted by atomic mass is 16.8. The van der Waals surface area contributed by atoms with Crippen molar-refractivity contribution in [1.82, 2.24) is 10.0 Å². The van der Waals surface area contributed by atoms with Crippen LogP contribution < -0.4 is 18.9 Å². The zero-order valence-corrected chi connectivity index (χ0v) is 31.1. The number of rotatable bonds is 6. The fraction of sp³-hybridized carbons (Fsp3) is 0.667. The molecule has 1 aliphatic carbocycles. The number of hydrogen-bond acceptors (Lipinski definition) is 15. The van der Waals surface area contributed by atoms with Crippen molar-refractivity contribution < 1.29 is 62.7 Å². The number of hydrazine groups is 1. The fourth-order valence-corrected chi connectivity index (χ4v) is 9.06. The van der Waals surface area contributed by atoms with Crippen molar-refractivity contribution in [3.05, 3.63) is 41.0 Å². The molecule has 6 aliphatic heterocycles. The molecule has 0 bridgehead atoms. The Morgan fingerprint density at radius 2 is 1.37 bits per heavy atom. The number of phenols is 1. The van der Waals surface area contributed by atoms with E-state index < -0.39 is 66.8 Å². The summed E-state index contributed by atoms with van der Waals surface area (Å²) in [5.74, 6) is -1.02. The average Bonchev–Trinajstić information content (AvgIpc) is 3.83. The molecule has 15 nitrogen and oxygen atoms in total. The van der Waals surface area contributed by atoms with Crippen LogP contribution >= 0.6 is 0 Å². The first kappa shape index (κ1) is 37.5. The highest BCUT2D eigenvalue weighted by Crippen LogP contribution is 2.57. The van der Waals surface area contributed by atoms with E-state index in [0.717, 1.165) is 0 Å². The Hall–Kier alpha value is -3.41. The van der Waals surface area contributed by atoms with Crippen molar-refractivity contribution in [2.45, 2.75) is 94.5 Å². The molecule has 10 atom stereocenters. The Labute approximate surface area is 314 Å². The number of ether oxygens (including phenoxy) is 9. The van der Waals surface area contributed by atoms with Gasteiger partial charge in [-0.3, -0.25) is 4.79 Å². The number of esters is 1. The second-order valence-electron chi connectivity index (χ2n) is 15.0. The maximum absolute atomic E-state index is 13.4. The highest BCUT2D eigenvalue weighted by molar-refractivity contribution is 5.79. The van der Waals surface area contributed by atoms with Crippen molar-refractivity contribution >= 4 is 5.97 Å². The van der Waals surface area contributed by atoms with Crippen LogP contribution in [0.5, 0.6) is 28.7 Å². The van der Waals surface area contributed by atoms with Gasteiger partial charge in [-0.2, -0.15) is 0 Å². The number of carbonyl (C=O) groups excluding carboxylic acids is 1. The van der Waals surface area contributed by atoms with Gasteiger partial charge in [-0.15, -0.1) is 0 Å². The molecule has 0 aromatic heterocycles. The summed E-state index contributed by atoms with van der Waals surface area (Å²) in [6, 6.07) is 6.93. The molecular weight excluding hydrogens is 704 g/mol. The van der Waals surface area contributed by atoms with Gasteiger partial charge < -0.3 is 58.0 Å². The number of nitrogens with zero attached hydrogens (tertiary/aromatic N) is 2. The van der Waals surface area contributed by atoms with Gasteiger partial charge >= 0.3 is 5.97 Å². The van der Waals surface area contributed by atoms with E-state index in [0.29, 0.717) is 28.2 Å². The molecule has 2 aromatic rings. The molecule has 0 radical (unpaired) electrons. The average molecular weight is 757 g/mol. The molecule has 6 heterocycles. The number of piperidine rings is 2. The monoisotopic (exact) mass is 756 g/mol. The number of fused-ring (bicyclic) bond motifs is 4. The normalized spacial score (nSPS) is 34.8. The molecule has 0 amide bonds. The third kappa shape index (κ3) is 7.09. The minimum atomic E-state index is -1.44. The van der Waals surface area contributed by atoms with Gasteiger partial charge in [-0.25, -0.2) is 10.0 Å². The topological polar surface area (TPSA) is 167 Å². The number of hydrogen-bond donors (Lipinski definition) is 3. The second-order valence-corrected chi connectivity index (χ2v) is 15.0. The minimum Gasteiger partial charge on any atom is -0.502 e. The summed E-state index contributed by atoms with van der Waals surface area (Å²) in [4.78, 5) is 13.4. The van der Waals surface area contributed by atoms with Crippen LogP contribution in [0.3, 0.4) is 0 Å². The third-order valence-electron chi connectivity index (χ3n) is 11.8. The molecular formula is C39H52N2O13. The molecule has 7 aliphatic rings. The minimum absolute atomic E-state index is 0.0301. The fourth-order valence-electron chi connectivity index (χ4n) is 9.06. The van der Waals surface area contributed by atoms with Gasteiger partial charge in [-0.05, 0) is 73.6 Å². The lowest BCUT2D eigenvalue weighted by Crippen LogP contribution is -2.63. The summed E-state index contributed by atoms with van der Waals surface area (Å²) < 4.78 is 51.5. The van der Waals surface area contributed by atoms with Crippen LogP contribution in [0.4, 0.5) is 0 Å². The number of carbonyl (C=O) groups is 1. The maximum atomic E-state index is 13.4. The summed E-state index contributed by atoms with van der Waals surface area (Å²) >= 11 is 0. The number of phenolic OH excluding ortho intramolecular Hbond substituents is 1. The van der Waals surface area contributed by atoms with Gasteiger partial charge in [0.15, 0.2) is 35.6 Å². The first-order chi connectivity index (χ1) is 26.2. The van der Waals surface area contributed by atoms with Crippen molar-refractivity contribution in [1.29, 1.82) is 0 Å². The molecule has 2 aromatic carbocycles. The van der Waals surface area contributed by atoms with Crippen LogP contribution in [0, 0.1) is 11.8 Å². The largest absolute Gasteiger partial charge is 0.502 e. The summed E-state index contributed by atoms with van der Waals surface area (Å²) in [5.41, 5.74) is 2.01. The standard InChI is InChI=1S/C29H32O13.C10H20N2/c1-11-36-9-20-27(40-11)24(31)25(32)29(41-20)42-26-14-7-17-16(38-10-39-17)6-13(14)21(22-15(26)8-37-28(22)33)12-4-18(34-2)23(30)19(5-12)35-3;1-3-7-11(8-4-1)12-9-5-2-6-10-12/h4-7,11,15,20-22,24-27,29-32H,8-10H2,1-3H3;1-10H2/t11-,15+,20-,21-,22+,24-,25-,26-,27-,29+;/m1./s1. The van der Waals surface area contributed by atoms with Crippen LogP contribution in [0.15, 0.2) is 24.3 Å². The molecule has 54 heavy (non-hydrogen) atoms. The Bertz CT molecular complexity index is 1610. The quantitative estimate of drug-likeness (QED) is 0.368. The van der Waals surface area contributed by atoms with E-state index in [2.05, 4.69) is 10.0 Å². The van der Waals surface area contributed by atoms with Gasteiger partial charge in [0, 0.05) is 38.0 Å². The van der Waals surface area contributed by atoms with Crippen LogP contribution in [0.1, 0.15) is 74.2 Å². The smallest absolute Gasteiger partial charge is 0.310 e. The van der Waals surface area contributed by atoms with Crippen molar-refractivity contribution in [3.63, 3.8) is 0 Å². The van der Waals surface area contributed by atoms with Gasteiger partial charge in [0.25, 0.3) is 0 Å². The summed E-state index contributed by atoms with van der Waals surface area (Å²) in [7, 11) is 2.86. The zero-order valence-electron chi connectivity index (χ0n) is 31.1. The molecule has 5 fully saturated rings. The van der Waals surface area contributed by atoms with E-state index in [4.69, 9.17) is 42.6 Å². The molecule has 0 unspecified atom stereocenters. The lowest BCUT2D eigenvalue weighted by molar-refractivity contribution is -0.364. The molecule has 9 rings (SSSR count). The maximum Gasteiger partial charge on any atom is 0.310 e. The van der Waals surface area contributed by atoms with Gasteiger partial charge in [0.05, 0.1) is 39.5 Å². The molecule has 296 valence electrons. The third-order valence-corrected chi connectivity index (χ3v) is 11.8. The SMILES string of the molecule is C1CCN(N2CCCCC2)CC1.COc1cc([C@@H]2c3cc4c(cc3[C@@H](O[C@@H]3O[C@@H]5CO[C@@H](C)O[C@H]5[C@H](O)[C@H]3O)[C@H]3COC(=O)[C@H]23)OCO4)cc(OC)c1O. The lowest BCUT2D eigenvalue weighted by atomic mass is 9.66. The van der Waals surface area contributed by atoms with E-state index in [9.17, 15) is 20.1 Å². The van der Waals surface area contributed by atoms with E-state index in [1.54, 1.807) is 31.2 Å². The van der Waals surface area contributed by atoms with Crippen LogP contribution in [0.2, 0.25) is 0 Å². The van der Waals surface area contributed by atoms with E-state index >= 15 is 0 Å². The first-order valence-corrected chi connectivity index (χ1v) is 19.2. The number of cyclic esters (lactones) is 1. The van der Waals surface area contributed by atoms with Crippen molar-refractivity contribution in [2.24, 2.45) is 11.8 Å². The van der Waals surface area contributed by atoms with E-state index in [-0.39, 0.29) is 37.3 Å². The summed E-state index contributed by atoms with van der Waals surface area (Å²) in [6.45, 7) is 7.21. The molecule has 5 saturated heterocycles. The predicted molar refractivity (Wildman–Crippen MR) is 189 cm³/mol. The Kier molecular flexibility index (Phi) is 11.1. The number of aliphatic hydroxyl groups excluding tert-OH is 2. The van der Waals surface area contributed by atoms with Crippen molar-refractivity contribution in [3.8, 4) is 28.7 Å².